The minimum absolute atomic E-state index is 0.339. The molecular formula is C22H23N5O. The molecule has 0 aliphatic carbocycles. The van der Waals surface area contributed by atoms with Crippen LogP contribution >= 0.6 is 0 Å². The number of nitrogens with two attached hydrogens (primary N) is 1. The van der Waals surface area contributed by atoms with Crippen molar-refractivity contribution < 1.29 is 4.74 Å². The van der Waals surface area contributed by atoms with Gasteiger partial charge in [-0.15, -0.1) is 0 Å². The van der Waals surface area contributed by atoms with Gasteiger partial charge in [-0.1, -0.05) is 0 Å². The first-order valence-electron chi connectivity index (χ1n) is 9.64. The smallest absolute Gasteiger partial charge is 0.139 e. The molecule has 1 aliphatic rings. The fraction of sp³-hybridized carbons (Fsp3) is 0.273. The minimum Gasteiger partial charge on any atom is -0.497 e. The van der Waals surface area contributed by atoms with Gasteiger partial charge in [-0.2, -0.15) is 0 Å². The monoisotopic (exact) mass is 373 g/mol. The maximum absolute atomic E-state index is 6.03. The van der Waals surface area contributed by atoms with Crippen LogP contribution in [-0.4, -0.2) is 40.8 Å². The number of nitrogens with zero attached hydrogens (tertiary/aromatic N) is 4. The Hall–Kier alpha value is -3.12. The van der Waals surface area contributed by atoms with E-state index >= 15 is 0 Å². The molecule has 1 aliphatic heterocycles. The van der Waals surface area contributed by atoms with Gasteiger partial charge in [0.25, 0.3) is 0 Å². The Morgan fingerprint density at radius 2 is 1.86 bits per heavy atom. The zero-order chi connectivity index (χ0) is 19.1. The van der Waals surface area contributed by atoms with E-state index in [0.29, 0.717) is 6.04 Å². The number of pyridine rings is 1. The van der Waals surface area contributed by atoms with Gasteiger partial charge in [0, 0.05) is 36.3 Å². The van der Waals surface area contributed by atoms with Crippen molar-refractivity contribution in [3.05, 3.63) is 54.9 Å². The van der Waals surface area contributed by atoms with Gasteiger partial charge in [0.2, 0.25) is 0 Å². The fourth-order valence-electron chi connectivity index (χ4n) is 3.89. The van der Waals surface area contributed by atoms with Crippen LogP contribution in [0.2, 0.25) is 0 Å². The summed E-state index contributed by atoms with van der Waals surface area (Å²) in [5.41, 5.74) is 10.2. The number of rotatable bonds is 3. The molecule has 4 aromatic rings. The van der Waals surface area contributed by atoms with Gasteiger partial charge in [-0.25, -0.2) is 9.97 Å². The maximum Gasteiger partial charge on any atom is 0.139 e. The highest BCUT2D eigenvalue weighted by Crippen LogP contribution is 2.26. The normalized spacial score (nSPS) is 15.4. The molecule has 0 spiro atoms. The quantitative estimate of drug-likeness (QED) is 0.595. The van der Waals surface area contributed by atoms with Crippen LogP contribution in [0.15, 0.2) is 54.9 Å². The van der Waals surface area contributed by atoms with Gasteiger partial charge < -0.3 is 15.4 Å². The summed E-state index contributed by atoms with van der Waals surface area (Å²) in [6.45, 7) is 2.03. The van der Waals surface area contributed by atoms with Crippen molar-refractivity contribution in [1.29, 1.82) is 0 Å². The third-order valence-electron chi connectivity index (χ3n) is 5.56. The van der Waals surface area contributed by atoms with Crippen molar-refractivity contribution in [3.8, 4) is 11.6 Å². The number of ether oxygens (including phenoxy) is 1. The minimum atomic E-state index is 0.339. The number of imidazole rings is 1. The predicted octanol–water partition coefficient (Wildman–Crippen LogP) is 3.51. The topological polar surface area (TPSA) is 69.2 Å². The number of hydrogen-bond acceptors (Lipinski definition) is 5. The second-order valence-electron chi connectivity index (χ2n) is 7.34. The summed E-state index contributed by atoms with van der Waals surface area (Å²) in [7, 11) is 1.66. The lowest BCUT2D eigenvalue weighted by atomic mass is 10.0. The van der Waals surface area contributed by atoms with Gasteiger partial charge in [0.1, 0.15) is 17.9 Å². The molecule has 2 N–H and O–H groups in total. The van der Waals surface area contributed by atoms with Crippen molar-refractivity contribution in [2.75, 3.05) is 25.1 Å². The molecule has 1 saturated heterocycles. The van der Waals surface area contributed by atoms with Gasteiger partial charge in [-0.3, -0.25) is 4.57 Å². The van der Waals surface area contributed by atoms with Crippen LogP contribution in [0.3, 0.4) is 0 Å². The number of benzene rings is 2. The molecule has 6 heteroatoms. The van der Waals surface area contributed by atoms with Crippen molar-refractivity contribution >= 4 is 27.6 Å². The lowest BCUT2D eigenvalue weighted by Crippen LogP contribution is -2.39. The van der Waals surface area contributed by atoms with E-state index in [0.717, 1.165) is 59.4 Å². The van der Waals surface area contributed by atoms with Crippen LogP contribution in [0.4, 0.5) is 5.69 Å². The van der Waals surface area contributed by atoms with Crippen LogP contribution in [0, 0.1) is 0 Å². The number of hydrogen-bond donors (Lipinski definition) is 1. The summed E-state index contributed by atoms with van der Waals surface area (Å²) < 4.78 is 7.29. The molecule has 5 rings (SSSR count). The Bertz CT molecular complexity index is 1140. The van der Waals surface area contributed by atoms with Crippen LogP contribution < -0.4 is 15.4 Å². The maximum atomic E-state index is 6.03. The fourth-order valence-corrected chi connectivity index (χ4v) is 3.89. The van der Waals surface area contributed by atoms with Crippen molar-refractivity contribution in [3.63, 3.8) is 0 Å². The first-order chi connectivity index (χ1) is 13.7. The second-order valence-corrected chi connectivity index (χ2v) is 7.34. The Morgan fingerprint density at radius 3 is 2.68 bits per heavy atom. The van der Waals surface area contributed by atoms with Gasteiger partial charge in [0.15, 0.2) is 0 Å². The third-order valence-corrected chi connectivity index (χ3v) is 5.56. The molecule has 0 atom stereocenters. The first kappa shape index (κ1) is 17.0. The van der Waals surface area contributed by atoms with Gasteiger partial charge in [-0.05, 0) is 55.3 Å². The molecule has 1 fully saturated rings. The van der Waals surface area contributed by atoms with E-state index in [4.69, 9.17) is 15.5 Å². The van der Waals surface area contributed by atoms with E-state index in [9.17, 15) is 0 Å². The molecule has 0 unspecified atom stereocenters. The summed E-state index contributed by atoms with van der Waals surface area (Å²) in [5.74, 6) is 1.66. The van der Waals surface area contributed by atoms with Crippen molar-refractivity contribution in [2.45, 2.75) is 18.9 Å². The summed E-state index contributed by atoms with van der Waals surface area (Å²) in [6.07, 6.45) is 3.91. The lowest BCUT2D eigenvalue weighted by Gasteiger charge is -2.32. The summed E-state index contributed by atoms with van der Waals surface area (Å²) in [4.78, 5) is 11.8. The molecule has 0 saturated carbocycles. The van der Waals surface area contributed by atoms with Crippen molar-refractivity contribution in [1.82, 2.24) is 14.5 Å². The first-order valence-corrected chi connectivity index (χ1v) is 9.64. The Kier molecular flexibility index (Phi) is 4.13. The average molecular weight is 373 g/mol. The van der Waals surface area contributed by atoms with Crippen LogP contribution in [-0.2, 0) is 0 Å². The molecule has 6 nitrogen and oxygen atoms in total. The molecule has 2 aromatic heterocycles. The highest BCUT2D eigenvalue weighted by molar-refractivity contribution is 5.84. The van der Waals surface area contributed by atoms with E-state index < -0.39 is 0 Å². The number of anilines is 1. The standard InChI is InChI=1S/C22H23N5O/c1-28-18-4-6-21-20(13-18)24-14-27(21)22-7-2-15-12-17(3-5-19(15)25-22)26-10-8-16(23)9-11-26/h2-7,12-14,16H,8-11,23H2,1H3. The van der Waals surface area contributed by atoms with Gasteiger partial charge >= 0.3 is 0 Å². The molecule has 0 radical (unpaired) electrons. The summed E-state index contributed by atoms with van der Waals surface area (Å²) >= 11 is 0. The lowest BCUT2D eigenvalue weighted by molar-refractivity contribution is 0.415. The highest BCUT2D eigenvalue weighted by Gasteiger charge is 2.16. The van der Waals surface area contributed by atoms with E-state index in [1.54, 1.807) is 7.11 Å². The van der Waals surface area contributed by atoms with E-state index in [1.165, 1.54) is 5.69 Å². The summed E-state index contributed by atoms with van der Waals surface area (Å²) in [6, 6.07) is 16.9. The Morgan fingerprint density at radius 1 is 1.00 bits per heavy atom. The Labute approximate surface area is 163 Å². The largest absolute Gasteiger partial charge is 0.497 e. The average Bonchev–Trinajstić information content (AvgIpc) is 3.16. The number of piperidine rings is 1. The zero-order valence-electron chi connectivity index (χ0n) is 15.9. The number of fused-ring (bicyclic) bond motifs is 2. The molecule has 28 heavy (non-hydrogen) atoms. The molecule has 0 amide bonds. The van der Waals surface area contributed by atoms with E-state index in [1.807, 2.05) is 35.2 Å². The van der Waals surface area contributed by atoms with E-state index in [2.05, 4.69) is 34.1 Å². The number of methoxy groups -OCH3 is 1. The third kappa shape index (κ3) is 2.96. The van der Waals surface area contributed by atoms with Crippen molar-refractivity contribution in [2.24, 2.45) is 5.73 Å². The molecule has 142 valence electrons. The summed E-state index contributed by atoms with van der Waals surface area (Å²) in [5, 5.41) is 1.14. The predicted molar refractivity (Wildman–Crippen MR) is 112 cm³/mol. The van der Waals surface area contributed by atoms with Crippen LogP contribution in [0.25, 0.3) is 27.8 Å². The van der Waals surface area contributed by atoms with Crippen LogP contribution in [0.1, 0.15) is 12.8 Å². The zero-order valence-corrected chi connectivity index (χ0v) is 15.9. The second kappa shape index (κ2) is 6.80. The number of aromatic nitrogens is 3. The molecular weight excluding hydrogens is 350 g/mol. The SMILES string of the molecule is COc1ccc2c(c1)ncn2-c1ccc2cc(N3CCC(N)CC3)ccc2n1. The Balaban J connectivity index is 1.49. The van der Waals surface area contributed by atoms with Gasteiger partial charge in [0.05, 0.1) is 23.7 Å². The highest BCUT2D eigenvalue weighted by atomic mass is 16.5. The van der Waals surface area contributed by atoms with E-state index in [-0.39, 0.29) is 0 Å². The molecule has 3 heterocycles. The molecule has 0 bridgehead atoms. The van der Waals surface area contributed by atoms with Crippen LogP contribution in [0.5, 0.6) is 5.75 Å². The molecule has 2 aromatic carbocycles.